The fourth-order valence-electron chi connectivity index (χ4n) is 5.10. The number of imide groups is 1. The van der Waals surface area contributed by atoms with Crippen LogP contribution in [0.2, 0.25) is 0 Å². The summed E-state index contributed by atoms with van der Waals surface area (Å²) in [6, 6.07) is 5.20. The van der Waals surface area contributed by atoms with Crippen LogP contribution in [0, 0.1) is 24.2 Å². The summed E-state index contributed by atoms with van der Waals surface area (Å²) in [5.74, 6) is -1.54. The molecule has 0 aliphatic carbocycles. The van der Waals surface area contributed by atoms with E-state index in [0.29, 0.717) is 0 Å². The van der Waals surface area contributed by atoms with Gasteiger partial charge in [-0.3, -0.25) is 19.3 Å². The van der Waals surface area contributed by atoms with Gasteiger partial charge in [0.15, 0.2) is 5.78 Å². The Bertz CT molecular complexity index is 948. The molecule has 1 aromatic rings. The Labute approximate surface area is 172 Å². The number of hydrogen-bond acceptors (Lipinski definition) is 4. The largest absolute Gasteiger partial charge is 0.353 e. The maximum atomic E-state index is 13.6. The first-order valence-electron chi connectivity index (χ1n) is 10.3. The van der Waals surface area contributed by atoms with Gasteiger partial charge < -0.3 is 4.90 Å². The standard InChI is InChI=1S/C24H30N2O3/c1-13-8-10-15-14(12-13)9-11-16-17-18(19(25(15)16)20(27)23(2,3)4)22(29)26(21(17)28)24(5,6)7/h8-12,16-19H,1-7H3/t16-,17+,18-,19-/m0/s1. The highest BCUT2D eigenvalue weighted by atomic mass is 16.2. The van der Waals surface area contributed by atoms with E-state index in [9.17, 15) is 14.4 Å². The van der Waals surface area contributed by atoms with Crippen LogP contribution in [0.5, 0.6) is 0 Å². The Hall–Kier alpha value is -2.43. The molecule has 0 saturated carbocycles. The molecule has 5 nitrogen and oxygen atoms in total. The number of nitrogens with zero attached hydrogens (tertiary/aromatic N) is 2. The molecule has 5 heteroatoms. The minimum atomic E-state index is -0.643. The number of Topliss-reactive ketones (excluding diaryl/α,β-unsaturated/α-hetero) is 1. The lowest BCUT2D eigenvalue weighted by Gasteiger charge is -2.40. The van der Waals surface area contributed by atoms with E-state index in [2.05, 4.69) is 6.07 Å². The van der Waals surface area contributed by atoms with Gasteiger partial charge in [-0.05, 0) is 45.4 Å². The van der Waals surface area contributed by atoms with Gasteiger partial charge in [0.25, 0.3) is 0 Å². The van der Waals surface area contributed by atoms with Crippen molar-refractivity contribution in [2.45, 2.75) is 66.1 Å². The average molecular weight is 395 g/mol. The molecular formula is C24H30N2O3. The summed E-state index contributed by atoms with van der Waals surface area (Å²) in [5, 5.41) is 0. The van der Waals surface area contributed by atoms with Crippen molar-refractivity contribution >= 4 is 29.4 Å². The van der Waals surface area contributed by atoms with E-state index < -0.39 is 28.8 Å². The lowest BCUT2D eigenvalue weighted by molar-refractivity contribution is -0.146. The van der Waals surface area contributed by atoms with Gasteiger partial charge in [-0.1, -0.05) is 44.6 Å². The number of anilines is 1. The van der Waals surface area contributed by atoms with Crippen molar-refractivity contribution in [3.8, 4) is 0 Å². The Balaban J connectivity index is 1.90. The first kappa shape index (κ1) is 19.9. The summed E-state index contributed by atoms with van der Waals surface area (Å²) >= 11 is 0. The van der Waals surface area contributed by atoms with Crippen LogP contribution in [-0.2, 0) is 14.4 Å². The van der Waals surface area contributed by atoms with E-state index in [1.54, 1.807) is 0 Å². The molecule has 2 saturated heterocycles. The average Bonchev–Trinajstić information content (AvgIpc) is 3.06. The SMILES string of the molecule is Cc1ccc2c(c1)C=C[C@H]1[C@H]3C(=O)N(C(C)(C)C)C(=O)[C@@H]3[C@@H](C(=O)C(C)(C)C)N21. The lowest BCUT2D eigenvalue weighted by atomic mass is 9.79. The number of hydrogen-bond donors (Lipinski definition) is 0. The fourth-order valence-corrected chi connectivity index (χ4v) is 5.10. The summed E-state index contributed by atoms with van der Waals surface area (Å²) in [5.41, 5.74) is 1.88. The van der Waals surface area contributed by atoms with E-state index in [1.165, 1.54) is 4.90 Å². The number of carbonyl (C=O) groups is 3. The maximum Gasteiger partial charge on any atom is 0.236 e. The summed E-state index contributed by atoms with van der Waals surface area (Å²) in [7, 11) is 0. The fraction of sp³-hybridized carbons (Fsp3) is 0.542. The molecule has 1 aromatic carbocycles. The number of carbonyl (C=O) groups excluding carboxylic acids is 3. The highest BCUT2D eigenvalue weighted by molar-refractivity contribution is 6.12. The molecule has 0 unspecified atom stereocenters. The van der Waals surface area contributed by atoms with Crippen LogP contribution < -0.4 is 4.90 Å². The van der Waals surface area contributed by atoms with Gasteiger partial charge >= 0.3 is 0 Å². The number of rotatable bonds is 1. The molecule has 2 fully saturated rings. The van der Waals surface area contributed by atoms with Crippen LogP contribution in [0.25, 0.3) is 6.08 Å². The first-order valence-corrected chi connectivity index (χ1v) is 10.3. The van der Waals surface area contributed by atoms with Gasteiger partial charge in [-0.15, -0.1) is 0 Å². The third kappa shape index (κ3) is 2.77. The molecule has 0 radical (unpaired) electrons. The smallest absolute Gasteiger partial charge is 0.236 e. The molecule has 4 rings (SSSR count). The highest BCUT2D eigenvalue weighted by Gasteiger charge is 2.65. The number of likely N-dealkylation sites (tertiary alicyclic amines) is 1. The van der Waals surface area contributed by atoms with Gasteiger partial charge in [0.2, 0.25) is 11.8 Å². The molecule has 0 N–H and O–H groups in total. The molecule has 29 heavy (non-hydrogen) atoms. The zero-order valence-electron chi connectivity index (χ0n) is 18.3. The van der Waals surface area contributed by atoms with Crippen molar-refractivity contribution in [3.63, 3.8) is 0 Å². The second-order valence-corrected chi connectivity index (χ2v) is 10.6. The van der Waals surface area contributed by atoms with Crippen molar-refractivity contribution in [1.82, 2.24) is 4.90 Å². The Morgan fingerprint density at radius 1 is 0.966 bits per heavy atom. The zero-order valence-corrected chi connectivity index (χ0v) is 18.3. The first-order chi connectivity index (χ1) is 13.3. The van der Waals surface area contributed by atoms with Gasteiger partial charge in [0.05, 0.1) is 17.9 Å². The molecule has 3 aliphatic rings. The molecule has 3 aliphatic heterocycles. The van der Waals surface area contributed by atoms with Gasteiger partial charge in [-0.2, -0.15) is 0 Å². The van der Waals surface area contributed by atoms with Crippen LogP contribution >= 0.6 is 0 Å². The topological polar surface area (TPSA) is 57.7 Å². The zero-order chi connectivity index (χ0) is 21.5. The van der Waals surface area contributed by atoms with Crippen LogP contribution in [0.3, 0.4) is 0 Å². The van der Waals surface area contributed by atoms with Crippen molar-refractivity contribution < 1.29 is 14.4 Å². The Morgan fingerprint density at radius 3 is 2.17 bits per heavy atom. The van der Waals surface area contributed by atoms with Crippen molar-refractivity contribution in [1.29, 1.82) is 0 Å². The second kappa shape index (κ2) is 6.04. The molecule has 2 amide bonds. The number of ketones is 1. The highest BCUT2D eigenvalue weighted by Crippen LogP contribution is 2.50. The molecule has 4 atom stereocenters. The van der Waals surface area contributed by atoms with Gasteiger partial charge in [0.1, 0.15) is 6.04 Å². The molecule has 0 aromatic heterocycles. The summed E-state index contributed by atoms with van der Waals surface area (Å²) in [6.07, 6.45) is 4.04. The van der Waals surface area contributed by atoms with E-state index >= 15 is 0 Å². The number of amides is 2. The van der Waals surface area contributed by atoms with Crippen molar-refractivity contribution in [2.24, 2.45) is 17.3 Å². The van der Waals surface area contributed by atoms with Crippen LogP contribution in [0.4, 0.5) is 5.69 Å². The minimum Gasteiger partial charge on any atom is -0.353 e. The van der Waals surface area contributed by atoms with Gasteiger partial charge in [0, 0.05) is 16.6 Å². The number of benzene rings is 1. The molecular weight excluding hydrogens is 364 g/mol. The maximum absolute atomic E-state index is 13.6. The Morgan fingerprint density at radius 2 is 1.59 bits per heavy atom. The third-order valence-electron chi connectivity index (χ3n) is 6.34. The van der Waals surface area contributed by atoms with Crippen molar-refractivity contribution in [2.75, 3.05) is 4.90 Å². The number of fused-ring (bicyclic) bond motifs is 5. The second-order valence-electron chi connectivity index (χ2n) is 10.6. The molecule has 0 bridgehead atoms. The van der Waals surface area contributed by atoms with Crippen LogP contribution in [-0.4, -0.2) is 40.1 Å². The number of aryl methyl sites for hydroxylation is 1. The monoisotopic (exact) mass is 394 g/mol. The molecule has 3 heterocycles. The van der Waals surface area contributed by atoms with E-state index in [0.717, 1.165) is 16.8 Å². The molecule has 0 spiro atoms. The predicted octanol–water partition coefficient (Wildman–Crippen LogP) is 3.59. The normalized spacial score (nSPS) is 28.5. The third-order valence-corrected chi connectivity index (χ3v) is 6.34. The van der Waals surface area contributed by atoms with E-state index in [4.69, 9.17) is 0 Å². The summed E-state index contributed by atoms with van der Waals surface area (Å²) in [6.45, 7) is 13.3. The summed E-state index contributed by atoms with van der Waals surface area (Å²) in [4.78, 5) is 44.0. The predicted molar refractivity (Wildman–Crippen MR) is 113 cm³/mol. The van der Waals surface area contributed by atoms with E-state index in [-0.39, 0.29) is 23.6 Å². The van der Waals surface area contributed by atoms with Gasteiger partial charge in [-0.25, -0.2) is 0 Å². The Kier molecular flexibility index (Phi) is 4.14. The van der Waals surface area contributed by atoms with Crippen LogP contribution in [0.15, 0.2) is 24.3 Å². The van der Waals surface area contributed by atoms with Crippen molar-refractivity contribution in [3.05, 3.63) is 35.4 Å². The van der Waals surface area contributed by atoms with Crippen LogP contribution in [0.1, 0.15) is 52.7 Å². The molecule has 154 valence electrons. The summed E-state index contributed by atoms with van der Waals surface area (Å²) < 4.78 is 0. The van der Waals surface area contributed by atoms with E-state index in [1.807, 2.05) is 77.7 Å². The quantitative estimate of drug-likeness (QED) is 0.683. The lowest BCUT2D eigenvalue weighted by Crippen LogP contribution is -2.54. The minimum absolute atomic E-state index is 0.00809.